The Morgan fingerprint density at radius 3 is 2.65 bits per heavy atom. The summed E-state index contributed by atoms with van der Waals surface area (Å²) in [6.07, 6.45) is 3.04. The van der Waals surface area contributed by atoms with Gasteiger partial charge in [0.2, 0.25) is 0 Å². The van der Waals surface area contributed by atoms with Gasteiger partial charge >= 0.3 is 0 Å². The van der Waals surface area contributed by atoms with Gasteiger partial charge < -0.3 is 9.84 Å². The van der Waals surface area contributed by atoms with Crippen LogP contribution in [0.1, 0.15) is 15.9 Å². The van der Waals surface area contributed by atoms with E-state index in [1.54, 1.807) is 42.5 Å². The first-order valence-corrected chi connectivity index (χ1v) is 6.33. The summed E-state index contributed by atoms with van der Waals surface area (Å²) < 4.78 is 4.95. The minimum Gasteiger partial charge on any atom is -0.504 e. The van der Waals surface area contributed by atoms with E-state index < -0.39 is 0 Å². The van der Waals surface area contributed by atoms with Crippen LogP contribution in [0.15, 0.2) is 48.5 Å². The lowest BCUT2D eigenvalue weighted by Gasteiger charge is -2.03. The van der Waals surface area contributed by atoms with Gasteiger partial charge in [-0.25, -0.2) is 0 Å². The summed E-state index contributed by atoms with van der Waals surface area (Å²) in [6, 6.07) is 11.8. The van der Waals surface area contributed by atoms with Gasteiger partial charge in [0.15, 0.2) is 17.3 Å². The molecule has 0 heterocycles. The van der Waals surface area contributed by atoms with Crippen molar-refractivity contribution < 1.29 is 14.6 Å². The molecule has 0 aliphatic rings. The number of hydrogen-bond donors (Lipinski definition) is 1. The quantitative estimate of drug-likeness (QED) is 0.684. The Morgan fingerprint density at radius 2 is 2.00 bits per heavy atom. The van der Waals surface area contributed by atoms with Crippen LogP contribution in [0.3, 0.4) is 0 Å². The Kier molecular flexibility index (Phi) is 4.43. The number of phenols is 1. The van der Waals surface area contributed by atoms with Crippen molar-refractivity contribution >= 4 is 23.5 Å². The van der Waals surface area contributed by atoms with Crippen LogP contribution in [-0.4, -0.2) is 18.0 Å². The van der Waals surface area contributed by atoms with Crippen molar-refractivity contribution in [1.82, 2.24) is 0 Å². The molecule has 1 N–H and O–H groups in total. The number of carbonyl (C=O) groups excluding carboxylic acids is 1. The zero-order chi connectivity index (χ0) is 14.5. The predicted molar refractivity (Wildman–Crippen MR) is 79.5 cm³/mol. The summed E-state index contributed by atoms with van der Waals surface area (Å²) in [4.78, 5) is 12.0. The molecule has 0 fully saturated rings. The van der Waals surface area contributed by atoms with Gasteiger partial charge in [0, 0.05) is 5.56 Å². The monoisotopic (exact) mass is 288 g/mol. The molecule has 2 aromatic rings. The summed E-state index contributed by atoms with van der Waals surface area (Å²) in [5, 5.41) is 10.1. The Hall–Kier alpha value is -2.26. The lowest BCUT2D eigenvalue weighted by molar-refractivity contribution is 0.104. The van der Waals surface area contributed by atoms with E-state index in [1.807, 2.05) is 0 Å². The van der Waals surface area contributed by atoms with Crippen LogP contribution in [0.4, 0.5) is 0 Å². The largest absolute Gasteiger partial charge is 0.504 e. The smallest absolute Gasteiger partial charge is 0.187 e. The van der Waals surface area contributed by atoms with E-state index in [1.165, 1.54) is 19.3 Å². The van der Waals surface area contributed by atoms with E-state index in [2.05, 4.69) is 0 Å². The normalized spacial score (nSPS) is 10.7. The molecule has 0 radical (unpaired) electrons. The van der Waals surface area contributed by atoms with Gasteiger partial charge in [-0.15, -0.1) is 0 Å². The van der Waals surface area contributed by atoms with Crippen molar-refractivity contribution in [2.75, 3.05) is 7.11 Å². The SMILES string of the molecule is COc1ccc(C=CC(=O)c2ccccc2Cl)cc1O. The number of benzene rings is 2. The van der Waals surface area contributed by atoms with E-state index in [0.29, 0.717) is 21.9 Å². The van der Waals surface area contributed by atoms with Crippen LogP contribution >= 0.6 is 11.6 Å². The molecule has 102 valence electrons. The molecule has 4 heteroatoms. The van der Waals surface area contributed by atoms with Gasteiger partial charge in [0.1, 0.15) is 0 Å². The van der Waals surface area contributed by atoms with Gasteiger partial charge in [-0.1, -0.05) is 35.9 Å². The van der Waals surface area contributed by atoms with Gasteiger partial charge in [0.05, 0.1) is 12.1 Å². The van der Waals surface area contributed by atoms with Gasteiger partial charge in [0.25, 0.3) is 0 Å². The summed E-state index contributed by atoms with van der Waals surface area (Å²) in [5.74, 6) is 0.227. The number of ketones is 1. The topological polar surface area (TPSA) is 46.5 Å². The maximum Gasteiger partial charge on any atom is 0.187 e. The van der Waals surface area contributed by atoms with Crippen molar-refractivity contribution in [3.05, 3.63) is 64.7 Å². The van der Waals surface area contributed by atoms with Gasteiger partial charge in [-0.05, 0) is 35.9 Å². The lowest BCUT2D eigenvalue weighted by atomic mass is 10.1. The first kappa shape index (κ1) is 14.2. The second kappa shape index (κ2) is 6.26. The maximum absolute atomic E-state index is 12.0. The Bertz CT molecular complexity index is 663. The molecule has 0 atom stereocenters. The molecule has 3 nitrogen and oxygen atoms in total. The van der Waals surface area contributed by atoms with Crippen LogP contribution in [0.2, 0.25) is 5.02 Å². The van der Waals surface area contributed by atoms with E-state index >= 15 is 0 Å². The number of halogens is 1. The second-order valence-corrected chi connectivity index (χ2v) is 4.52. The van der Waals surface area contributed by atoms with Crippen molar-refractivity contribution in [2.45, 2.75) is 0 Å². The van der Waals surface area contributed by atoms with Crippen molar-refractivity contribution in [3.8, 4) is 11.5 Å². The fourth-order valence-electron chi connectivity index (χ4n) is 1.73. The molecule has 20 heavy (non-hydrogen) atoms. The summed E-state index contributed by atoms with van der Waals surface area (Å²) in [5.41, 5.74) is 1.15. The highest BCUT2D eigenvalue weighted by molar-refractivity contribution is 6.34. The molecule has 0 saturated heterocycles. The summed E-state index contributed by atoms with van der Waals surface area (Å²) in [6.45, 7) is 0. The average molecular weight is 289 g/mol. The number of allylic oxidation sites excluding steroid dienone is 1. The van der Waals surface area contributed by atoms with E-state index in [4.69, 9.17) is 16.3 Å². The molecular formula is C16H13ClO3. The molecule has 0 aromatic heterocycles. The third kappa shape index (κ3) is 3.19. The highest BCUT2D eigenvalue weighted by Crippen LogP contribution is 2.26. The number of methoxy groups -OCH3 is 1. The molecule has 2 rings (SSSR count). The highest BCUT2D eigenvalue weighted by Gasteiger charge is 2.06. The number of rotatable bonds is 4. The number of ether oxygens (including phenoxy) is 1. The van der Waals surface area contributed by atoms with E-state index in [-0.39, 0.29) is 11.5 Å². The molecule has 0 aliphatic carbocycles. The van der Waals surface area contributed by atoms with E-state index in [0.717, 1.165) is 0 Å². The first-order chi connectivity index (χ1) is 9.61. The molecule has 0 unspecified atom stereocenters. The van der Waals surface area contributed by atoms with Crippen molar-refractivity contribution in [3.63, 3.8) is 0 Å². The molecule has 0 saturated carbocycles. The minimum absolute atomic E-state index is 0.0276. The minimum atomic E-state index is -0.189. The molecule has 0 bridgehead atoms. The maximum atomic E-state index is 12.0. The number of phenolic OH excluding ortho intramolecular Hbond substituents is 1. The van der Waals surface area contributed by atoms with Gasteiger partial charge in [-0.3, -0.25) is 4.79 Å². The Morgan fingerprint density at radius 1 is 1.25 bits per heavy atom. The van der Waals surface area contributed by atoms with Crippen LogP contribution in [0.25, 0.3) is 6.08 Å². The zero-order valence-corrected chi connectivity index (χ0v) is 11.6. The van der Waals surface area contributed by atoms with E-state index in [9.17, 15) is 9.90 Å². The van der Waals surface area contributed by atoms with Crippen LogP contribution in [0.5, 0.6) is 11.5 Å². The fourth-order valence-corrected chi connectivity index (χ4v) is 1.96. The number of aromatic hydroxyl groups is 1. The van der Waals surface area contributed by atoms with Crippen LogP contribution < -0.4 is 4.74 Å². The first-order valence-electron chi connectivity index (χ1n) is 5.96. The predicted octanol–water partition coefficient (Wildman–Crippen LogP) is 3.95. The Balaban J connectivity index is 2.19. The summed E-state index contributed by atoms with van der Waals surface area (Å²) >= 11 is 5.95. The van der Waals surface area contributed by atoms with Gasteiger partial charge in [-0.2, -0.15) is 0 Å². The molecule has 2 aromatic carbocycles. The molecular weight excluding hydrogens is 276 g/mol. The fraction of sp³-hybridized carbons (Fsp3) is 0.0625. The zero-order valence-electron chi connectivity index (χ0n) is 10.8. The van der Waals surface area contributed by atoms with Crippen LogP contribution in [0, 0.1) is 0 Å². The second-order valence-electron chi connectivity index (χ2n) is 4.11. The number of hydrogen-bond acceptors (Lipinski definition) is 3. The van der Waals surface area contributed by atoms with Crippen molar-refractivity contribution in [1.29, 1.82) is 0 Å². The standard InChI is InChI=1S/C16H13ClO3/c1-20-16-9-7-11(10-15(16)19)6-8-14(18)12-4-2-3-5-13(12)17/h2-10,19H,1H3. The van der Waals surface area contributed by atoms with Crippen LogP contribution in [-0.2, 0) is 0 Å². The lowest BCUT2D eigenvalue weighted by Crippen LogP contribution is -1.94. The average Bonchev–Trinajstić information content (AvgIpc) is 2.45. The highest BCUT2D eigenvalue weighted by atomic mass is 35.5. The molecule has 0 aliphatic heterocycles. The molecule has 0 spiro atoms. The third-order valence-corrected chi connectivity index (χ3v) is 3.10. The summed E-state index contributed by atoms with van der Waals surface area (Å²) in [7, 11) is 1.48. The number of carbonyl (C=O) groups is 1. The van der Waals surface area contributed by atoms with Crippen molar-refractivity contribution in [2.24, 2.45) is 0 Å². The third-order valence-electron chi connectivity index (χ3n) is 2.77. The molecule has 0 amide bonds. The Labute approximate surface area is 122 Å².